The highest BCUT2D eigenvalue weighted by atomic mass is 16.6. The van der Waals surface area contributed by atoms with Crippen LogP contribution in [0.2, 0.25) is 0 Å². The predicted molar refractivity (Wildman–Crippen MR) is 76.8 cm³/mol. The standard InChI is InChI=1S/C15H22N2O3/c1-4-16-11(2)12-5-6-14(19-3)13(9-12)10-17-7-8-20-15(17)18/h5-6,9,11,16H,4,7-8,10H2,1-3H3. The van der Waals surface area contributed by atoms with Crippen LogP contribution in [0.25, 0.3) is 0 Å². The number of hydrogen-bond donors (Lipinski definition) is 1. The van der Waals surface area contributed by atoms with Gasteiger partial charge in [0.2, 0.25) is 0 Å². The minimum absolute atomic E-state index is 0.253. The van der Waals surface area contributed by atoms with E-state index in [9.17, 15) is 4.79 Å². The molecule has 1 unspecified atom stereocenters. The number of amides is 1. The highest BCUT2D eigenvalue weighted by Gasteiger charge is 2.23. The lowest BCUT2D eigenvalue weighted by Crippen LogP contribution is -2.24. The Morgan fingerprint density at radius 3 is 2.90 bits per heavy atom. The van der Waals surface area contributed by atoms with Gasteiger partial charge < -0.3 is 19.7 Å². The fourth-order valence-electron chi connectivity index (χ4n) is 2.39. The first kappa shape index (κ1) is 14.7. The van der Waals surface area contributed by atoms with Gasteiger partial charge in [0.05, 0.1) is 20.2 Å². The van der Waals surface area contributed by atoms with Gasteiger partial charge in [-0.1, -0.05) is 13.0 Å². The van der Waals surface area contributed by atoms with E-state index in [0.717, 1.165) is 17.9 Å². The molecule has 5 heteroatoms. The van der Waals surface area contributed by atoms with E-state index in [2.05, 4.69) is 31.3 Å². The Kier molecular flexibility index (Phi) is 4.84. The molecule has 5 nitrogen and oxygen atoms in total. The summed E-state index contributed by atoms with van der Waals surface area (Å²) in [5.74, 6) is 0.803. The number of cyclic esters (lactones) is 1. The lowest BCUT2D eigenvalue weighted by Gasteiger charge is -2.19. The summed E-state index contributed by atoms with van der Waals surface area (Å²) in [6.45, 7) is 6.75. The van der Waals surface area contributed by atoms with E-state index in [-0.39, 0.29) is 12.1 Å². The van der Waals surface area contributed by atoms with E-state index in [1.807, 2.05) is 6.07 Å². The third-order valence-electron chi connectivity index (χ3n) is 3.52. The molecule has 1 aliphatic rings. The highest BCUT2D eigenvalue weighted by Crippen LogP contribution is 2.25. The SMILES string of the molecule is CCNC(C)c1ccc(OC)c(CN2CCOC2=O)c1. The average molecular weight is 278 g/mol. The molecule has 20 heavy (non-hydrogen) atoms. The molecule has 0 bridgehead atoms. The van der Waals surface area contributed by atoms with Gasteiger partial charge >= 0.3 is 6.09 Å². The van der Waals surface area contributed by atoms with Crippen molar-refractivity contribution in [2.24, 2.45) is 0 Å². The molecular weight excluding hydrogens is 256 g/mol. The lowest BCUT2D eigenvalue weighted by atomic mass is 10.0. The number of hydrogen-bond acceptors (Lipinski definition) is 4. The zero-order valence-electron chi connectivity index (χ0n) is 12.3. The molecule has 1 atom stereocenters. The zero-order chi connectivity index (χ0) is 14.5. The van der Waals surface area contributed by atoms with E-state index in [0.29, 0.717) is 19.7 Å². The summed E-state index contributed by atoms with van der Waals surface area (Å²) in [6.07, 6.45) is -0.253. The van der Waals surface area contributed by atoms with Crippen LogP contribution in [0.1, 0.15) is 31.0 Å². The summed E-state index contributed by atoms with van der Waals surface area (Å²) in [4.78, 5) is 13.2. The van der Waals surface area contributed by atoms with Crippen molar-refractivity contribution >= 4 is 6.09 Å². The van der Waals surface area contributed by atoms with Gasteiger partial charge in [0.25, 0.3) is 0 Å². The van der Waals surface area contributed by atoms with Crippen molar-refractivity contribution in [3.8, 4) is 5.75 Å². The fourth-order valence-corrected chi connectivity index (χ4v) is 2.39. The summed E-state index contributed by atoms with van der Waals surface area (Å²) in [6, 6.07) is 6.38. The summed E-state index contributed by atoms with van der Waals surface area (Å²) in [7, 11) is 1.65. The predicted octanol–water partition coefficient (Wildman–Crippen LogP) is 2.32. The second-order valence-electron chi connectivity index (χ2n) is 4.89. The molecule has 1 amide bonds. The van der Waals surface area contributed by atoms with Crippen LogP contribution in [0.5, 0.6) is 5.75 Å². The van der Waals surface area contributed by atoms with Crippen molar-refractivity contribution in [1.82, 2.24) is 10.2 Å². The van der Waals surface area contributed by atoms with Crippen LogP contribution in [0, 0.1) is 0 Å². The summed E-state index contributed by atoms with van der Waals surface area (Å²) < 4.78 is 10.3. The van der Waals surface area contributed by atoms with Crippen molar-refractivity contribution in [2.45, 2.75) is 26.4 Å². The largest absolute Gasteiger partial charge is 0.496 e. The van der Waals surface area contributed by atoms with Crippen molar-refractivity contribution in [3.05, 3.63) is 29.3 Å². The van der Waals surface area contributed by atoms with Crippen molar-refractivity contribution in [1.29, 1.82) is 0 Å². The normalized spacial score (nSPS) is 16.1. The van der Waals surface area contributed by atoms with Gasteiger partial charge in [0, 0.05) is 11.6 Å². The molecule has 1 aliphatic heterocycles. The molecule has 0 radical (unpaired) electrons. The number of nitrogens with zero attached hydrogens (tertiary/aromatic N) is 1. The third-order valence-corrected chi connectivity index (χ3v) is 3.52. The van der Waals surface area contributed by atoms with E-state index < -0.39 is 0 Å². The molecule has 1 N–H and O–H groups in total. The molecule has 0 saturated carbocycles. The van der Waals surface area contributed by atoms with E-state index in [4.69, 9.17) is 9.47 Å². The minimum atomic E-state index is -0.253. The molecular formula is C15H22N2O3. The van der Waals surface area contributed by atoms with Crippen LogP contribution >= 0.6 is 0 Å². The maximum absolute atomic E-state index is 11.6. The van der Waals surface area contributed by atoms with E-state index in [1.165, 1.54) is 5.56 Å². The number of carbonyl (C=O) groups excluding carboxylic acids is 1. The van der Waals surface area contributed by atoms with Gasteiger partial charge in [-0.05, 0) is 31.2 Å². The van der Waals surface area contributed by atoms with Crippen LogP contribution < -0.4 is 10.1 Å². The van der Waals surface area contributed by atoms with Crippen molar-refractivity contribution < 1.29 is 14.3 Å². The van der Waals surface area contributed by atoms with Gasteiger partial charge in [0.1, 0.15) is 12.4 Å². The van der Waals surface area contributed by atoms with Gasteiger partial charge in [-0.3, -0.25) is 0 Å². The first-order valence-corrected chi connectivity index (χ1v) is 6.97. The van der Waals surface area contributed by atoms with Crippen LogP contribution in [0.3, 0.4) is 0 Å². The first-order valence-electron chi connectivity index (χ1n) is 6.97. The Morgan fingerprint density at radius 1 is 1.50 bits per heavy atom. The Hall–Kier alpha value is -1.75. The van der Waals surface area contributed by atoms with Gasteiger partial charge in [-0.25, -0.2) is 4.79 Å². The van der Waals surface area contributed by atoms with Gasteiger partial charge in [-0.2, -0.15) is 0 Å². The monoisotopic (exact) mass is 278 g/mol. The molecule has 110 valence electrons. The third kappa shape index (κ3) is 3.22. The number of nitrogens with one attached hydrogen (secondary N) is 1. The Balaban J connectivity index is 2.20. The Morgan fingerprint density at radius 2 is 2.30 bits per heavy atom. The number of ether oxygens (including phenoxy) is 2. The maximum atomic E-state index is 11.6. The van der Waals surface area contributed by atoms with E-state index >= 15 is 0 Å². The zero-order valence-corrected chi connectivity index (χ0v) is 12.3. The highest BCUT2D eigenvalue weighted by molar-refractivity contribution is 5.69. The molecule has 1 heterocycles. The van der Waals surface area contributed by atoms with Crippen LogP contribution in [0.4, 0.5) is 4.79 Å². The number of methoxy groups -OCH3 is 1. The Bertz CT molecular complexity index is 476. The molecule has 0 aromatic heterocycles. The smallest absolute Gasteiger partial charge is 0.410 e. The summed E-state index contributed by atoms with van der Waals surface area (Å²) >= 11 is 0. The first-order chi connectivity index (χ1) is 9.65. The van der Waals surface area contributed by atoms with Gasteiger partial charge in [-0.15, -0.1) is 0 Å². The summed E-state index contributed by atoms with van der Waals surface area (Å²) in [5, 5.41) is 3.38. The average Bonchev–Trinajstić information content (AvgIpc) is 2.84. The molecule has 1 fully saturated rings. The molecule has 2 rings (SSSR count). The number of carbonyl (C=O) groups is 1. The topological polar surface area (TPSA) is 50.8 Å². The number of benzene rings is 1. The second-order valence-corrected chi connectivity index (χ2v) is 4.89. The molecule has 0 spiro atoms. The summed E-state index contributed by atoms with van der Waals surface area (Å²) in [5.41, 5.74) is 2.20. The molecule has 1 saturated heterocycles. The maximum Gasteiger partial charge on any atom is 0.410 e. The fraction of sp³-hybridized carbons (Fsp3) is 0.533. The minimum Gasteiger partial charge on any atom is -0.496 e. The quantitative estimate of drug-likeness (QED) is 0.867. The van der Waals surface area contributed by atoms with Crippen molar-refractivity contribution in [2.75, 3.05) is 26.8 Å². The molecule has 1 aromatic rings. The molecule has 0 aliphatic carbocycles. The number of rotatable bonds is 6. The Labute approximate surface area is 119 Å². The van der Waals surface area contributed by atoms with E-state index in [1.54, 1.807) is 12.0 Å². The van der Waals surface area contributed by atoms with Crippen LogP contribution in [0.15, 0.2) is 18.2 Å². The molecule has 1 aromatic carbocycles. The van der Waals surface area contributed by atoms with Crippen LogP contribution in [-0.4, -0.2) is 37.8 Å². The second kappa shape index (κ2) is 6.61. The van der Waals surface area contributed by atoms with Gasteiger partial charge in [0.15, 0.2) is 0 Å². The lowest BCUT2D eigenvalue weighted by molar-refractivity contribution is 0.157. The van der Waals surface area contributed by atoms with Crippen LogP contribution in [-0.2, 0) is 11.3 Å². The van der Waals surface area contributed by atoms with Crippen molar-refractivity contribution in [3.63, 3.8) is 0 Å².